The van der Waals surface area contributed by atoms with Crippen LogP contribution < -0.4 is 5.73 Å². The number of nitrogens with zero attached hydrogens (tertiary/aromatic N) is 4. The van der Waals surface area contributed by atoms with Crippen molar-refractivity contribution in [3.05, 3.63) is 36.0 Å². The van der Waals surface area contributed by atoms with Gasteiger partial charge in [-0.2, -0.15) is 5.10 Å². The number of hydrogen-bond acceptors (Lipinski definition) is 4. The molecule has 2 N–H and O–H groups in total. The lowest BCUT2D eigenvalue weighted by atomic mass is 10.1. The van der Waals surface area contributed by atoms with Gasteiger partial charge < -0.3 is 5.73 Å². The molecule has 0 amide bonds. The molecule has 2 aromatic rings. The van der Waals surface area contributed by atoms with Crippen LogP contribution in [-0.4, -0.2) is 19.7 Å². The summed E-state index contributed by atoms with van der Waals surface area (Å²) in [5, 5.41) is 4.43. The van der Waals surface area contributed by atoms with Crippen LogP contribution in [0, 0.1) is 0 Å². The van der Waals surface area contributed by atoms with E-state index in [4.69, 9.17) is 5.73 Å². The summed E-state index contributed by atoms with van der Waals surface area (Å²) >= 11 is 0. The van der Waals surface area contributed by atoms with Crippen molar-refractivity contribution in [3.8, 4) is 5.82 Å². The Morgan fingerprint density at radius 3 is 2.81 bits per heavy atom. The van der Waals surface area contributed by atoms with Crippen LogP contribution in [0.3, 0.4) is 0 Å². The highest BCUT2D eigenvalue weighted by Crippen LogP contribution is 2.12. The second kappa shape index (κ2) is 4.40. The average Bonchev–Trinajstić information content (AvgIpc) is 2.78. The van der Waals surface area contributed by atoms with Crippen molar-refractivity contribution in [2.24, 2.45) is 5.73 Å². The van der Waals surface area contributed by atoms with E-state index >= 15 is 0 Å². The molecule has 0 aliphatic heterocycles. The molecule has 0 spiro atoms. The molecule has 0 radical (unpaired) electrons. The summed E-state index contributed by atoms with van der Waals surface area (Å²) in [5.41, 5.74) is 7.32. The van der Waals surface area contributed by atoms with Crippen molar-refractivity contribution >= 4 is 0 Å². The predicted octanol–water partition coefficient (Wildman–Crippen LogP) is 1.24. The Bertz CT molecular complexity index is 475. The molecule has 2 rings (SSSR count). The zero-order valence-corrected chi connectivity index (χ0v) is 9.46. The van der Waals surface area contributed by atoms with Crippen molar-refractivity contribution in [3.63, 3.8) is 0 Å². The quantitative estimate of drug-likeness (QED) is 0.839. The summed E-state index contributed by atoms with van der Waals surface area (Å²) in [4.78, 5) is 8.43. The summed E-state index contributed by atoms with van der Waals surface area (Å²) < 4.78 is 1.72. The third-order valence-corrected chi connectivity index (χ3v) is 2.32. The molecule has 0 fully saturated rings. The first kappa shape index (κ1) is 10.8. The first-order valence-electron chi connectivity index (χ1n) is 5.27. The van der Waals surface area contributed by atoms with E-state index in [0.29, 0.717) is 18.3 Å². The fraction of sp³-hybridized carbons (Fsp3) is 0.364. The summed E-state index contributed by atoms with van der Waals surface area (Å²) in [6.07, 6.45) is 5.23. The van der Waals surface area contributed by atoms with Crippen LogP contribution >= 0.6 is 0 Å². The number of aromatic nitrogens is 4. The van der Waals surface area contributed by atoms with Crippen LogP contribution in [0.2, 0.25) is 0 Å². The Morgan fingerprint density at radius 1 is 1.38 bits per heavy atom. The van der Waals surface area contributed by atoms with Crippen molar-refractivity contribution in [2.45, 2.75) is 26.3 Å². The van der Waals surface area contributed by atoms with E-state index in [-0.39, 0.29) is 0 Å². The molecule has 84 valence electrons. The standard InChI is InChI=1S/C11H15N5/c1-8(2)10-3-4-16(15-10)11-7-13-6-9(5-12)14-11/h3-4,6-8H,5,12H2,1-2H3. The Kier molecular flexibility index (Phi) is 2.96. The van der Waals surface area contributed by atoms with E-state index in [1.165, 1.54) is 0 Å². The SMILES string of the molecule is CC(C)c1ccn(-c2cncc(CN)n2)n1. The molecule has 0 unspecified atom stereocenters. The molecule has 0 saturated carbocycles. The minimum atomic E-state index is 0.388. The van der Waals surface area contributed by atoms with E-state index in [2.05, 4.69) is 28.9 Å². The Morgan fingerprint density at radius 2 is 2.19 bits per heavy atom. The highest BCUT2D eigenvalue weighted by Gasteiger charge is 2.06. The second-order valence-corrected chi connectivity index (χ2v) is 3.91. The van der Waals surface area contributed by atoms with Gasteiger partial charge in [0.05, 0.1) is 17.6 Å². The fourth-order valence-corrected chi connectivity index (χ4v) is 1.38. The van der Waals surface area contributed by atoms with Crippen LogP contribution in [0.1, 0.15) is 31.2 Å². The molecule has 5 heteroatoms. The fourth-order valence-electron chi connectivity index (χ4n) is 1.38. The lowest BCUT2D eigenvalue weighted by Gasteiger charge is -2.02. The molecule has 0 aliphatic rings. The van der Waals surface area contributed by atoms with Gasteiger partial charge in [-0.1, -0.05) is 13.8 Å². The van der Waals surface area contributed by atoms with Gasteiger partial charge in [0.1, 0.15) is 0 Å². The van der Waals surface area contributed by atoms with E-state index in [9.17, 15) is 0 Å². The molecule has 5 nitrogen and oxygen atoms in total. The normalized spacial score (nSPS) is 11.0. The van der Waals surface area contributed by atoms with E-state index in [0.717, 1.165) is 11.4 Å². The second-order valence-electron chi connectivity index (χ2n) is 3.91. The Hall–Kier alpha value is -1.75. The maximum atomic E-state index is 5.52. The van der Waals surface area contributed by atoms with Gasteiger partial charge in [0.25, 0.3) is 0 Å². The molecule has 0 atom stereocenters. The van der Waals surface area contributed by atoms with Gasteiger partial charge in [0, 0.05) is 18.9 Å². The molecule has 0 saturated heterocycles. The molecule has 2 aromatic heterocycles. The predicted molar refractivity (Wildman–Crippen MR) is 61.1 cm³/mol. The van der Waals surface area contributed by atoms with Crippen LogP contribution in [0.25, 0.3) is 5.82 Å². The highest BCUT2D eigenvalue weighted by molar-refractivity contribution is 5.20. The third-order valence-electron chi connectivity index (χ3n) is 2.32. The van der Waals surface area contributed by atoms with E-state index in [1.807, 2.05) is 12.3 Å². The largest absolute Gasteiger partial charge is 0.325 e. The maximum Gasteiger partial charge on any atom is 0.172 e. The topological polar surface area (TPSA) is 69.6 Å². The first-order valence-corrected chi connectivity index (χ1v) is 5.27. The zero-order chi connectivity index (χ0) is 11.5. The maximum absolute atomic E-state index is 5.52. The Labute approximate surface area is 94.3 Å². The average molecular weight is 217 g/mol. The lowest BCUT2D eigenvalue weighted by molar-refractivity contribution is 0.749. The Balaban J connectivity index is 2.34. The first-order chi connectivity index (χ1) is 7.70. The van der Waals surface area contributed by atoms with Crippen molar-refractivity contribution < 1.29 is 0 Å². The van der Waals surface area contributed by atoms with Gasteiger partial charge in [0.15, 0.2) is 5.82 Å². The van der Waals surface area contributed by atoms with Crippen LogP contribution in [0.5, 0.6) is 0 Å². The smallest absolute Gasteiger partial charge is 0.172 e. The molecule has 0 bridgehead atoms. The van der Waals surface area contributed by atoms with Crippen molar-refractivity contribution in [2.75, 3.05) is 0 Å². The highest BCUT2D eigenvalue weighted by atomic mass is 15.3. The number of hydrogen-bond donors (Lipinski definition) is 1. The van der Waals surface area contributed by atoms with Crippen LogP contribution in [0.15, 0.2) is 24.7 Å². The minimum absolute atomic E-state index is 0.388. The summed E-state index contributed by atoms with van der Waals surface area (Å²) in [6.45, 7) is 4.60. The summed E-state index contributed by atoms with van der Waals surface area (Å²) in [6, 6.07) is 1.99. The molecule has 0 aromatic carbocycles. The van der Waals surface area contributed by atoms with Crippen LogP contribution in [0.4, 0.5) is 0 Å². The van der Waals surface area contributed by atoms with Gasteiger partial charge in [0.2, 0.25) is 0 Å². The summed E-state index contributed by atoms with van der Waals surface area (Å²) in [7, 11) is 0. The van der Waals surface area contributed by atoms with Gasteiger partial charge in [-0.3, -0.25) is 4.98 Å². The van der Waals surface area contributed by atoms with Crippen LogP contribution in [-0.2, 0) is 6.54 Å². The van der Waals surface area contributed by atoms with Gasteiger partial charge in [-0.25, -0.2) is 9.67 Å². The van der Waals surface area contributed by atoms with Crippen molar-refractivity contribution in [1.29, 1.82) is 0 Å². The molecule has 2 heterocycles. The lowest BCUT2D eigenvalue weighted by Crippen LogP contribution is -2.06. The third kappa shape index (κ3) is 2.09. The minimum Gasteiger partial charge on any atom is -0.325 e. The van der Waals surface area contributed by atoms with Gasteiger partial charge in [-0.05, 0) is 12.0 Å². The van der Waals surface area contributed by atoms with Crippen molar-refractivity contribution in [1.82, 2.24) is 19.7 Å². The molecular weight excluding hydrogens is 202 g/mol. The summed E-state index contributed by atoms with van der Waals surface area (Å²) in [5.74, 6) is 1.11. The van der Waals surface area contributed by atoms with Gasteiger partial charge >= 0.3 is 0 Å². The number of rotatable bonds is 3. The molecular formula is C11H15N5. The number of nitrogens with two attached hydrogens (primary N) is 1. The molecule has 0 aliphatic carbocycles. The zero-order valence-electron chi connectivity index (χ0n) is 9.46. The monoisotopic (exact) mass is 217 g/mol. The van der Waals surface area contributed by atoms with E-state index < -0.39 is 0 Å². The van der Waals surface area contributed by atoms with Gasteiger partial charge in [-0.15, -0.1) is 0 Å². The molecule has 16 heavy (non-hydrogen) atoms. The van der Waals surface area contributed by atoms with E-state index in [1.54, 1.807) is 17.1 Å².